The van der Waals surface area contributed by atoms with Crippen LogP contribution in [0.1, 0.15) is 10.4 Å². The third-order valence-electron chi connectivity index (χ3n) is 2.94. The molecular formula is C16H10NO3-. The summed E-state index contributed by atoms with van der Waals surface area (Å²) in [6.45, 7) is 0. The summed E-state index contributed by atoms with van der Waals surface area (Å²) in [5, 5.41) is 11.1. The minimum absolute atomic E-state index is 0.0639. The number of benzene rings is 2. The highest BCUT2D eigenvalue weighted by molar-refractivity contribution is 5.93. The van der Waals surface area contributed by atoms with E-state index in [0.29, 0.717) is 11.3 Å². The highest BCUT2D eigenvalue weighted by atomic mass is 16.4. The van der Waals surface area contributed by atoms with Crippen LogP contribution in [0.4, 0.5) is 0 Å². The van der Waals surface area contributed by atoms with Crippen LogP contribution in [0.25, 0.3) is 22.8 Å². The quantitative estimate of drug-likeness (QED) is 0.728. The molecule has 1 aromatic heterocycles. The Morgan fingerprint density at radius 2 is 1.70 bits per heavy atom. The Morgan fingerprint density at radius 3 is 2.45 bits per heavy atom. The van der Waals surface area contributed by atoms with Crippen molar-refractivity contribution < 1.29 is 14.3 Å². The molecule has 4 nitrogen and oxygen atoms in total. The van der Waals surface area contributed by atoms with Crippen LogP contribution in [0.15, 0.2) is 65.2 Å². The molecule has 0 aliphatic heterocycles. The number of hydrogen-bond donors (Lipinski definition) is 0. The second kappa shape index (κ2) is 5.01. The van der Waals surface area contributed by atoms with E-state index in [1.807, 2.05) is 30.3 Å². The van der Waals surface area contributed by atoms with Crippen molar-refractivity contribution in [2.75, 3.05) is 0 Å². The Bertz CT molecular complexity index is 747. The van der Waals surface area contributed by atoms with Gasteiger partial charge in [0.05, 0.1) is 12.2 Å². The van der Waals surface area contributed by atoms with Crippen molar-refractivity contribution in [3.63, 3.8) is 0 Å². The molecule has 2 aromatic carbocycles. The lowest BCUT2D eigenvalue weighted by Gasteiger charge is -2.06. The second-order valence-corrected chi connectivity index (χ2v) is 4.23. The lowest BCUT2D eigenvalue weighted by molar-refractivity contribution is -0.254. The van der Waals surface area contributed by atoms with Crippen molar-refractivity contribution in [3.8, 4) is 22.8 Å². The van der Waals surface area contributed by atoms with Crippen molar-refractivity contribution in [2.45, 2.75) is 0 Å². The van der Waals surface area contributed by atoms with Gasteiger partial charge in [-0.1, -0.05) is 48.5 Å². The van der Waals surface area contributed by atoms with E-state index in [-0.39, 0.29) is 11.5 Å². The van der Waals surface area contributed by atoms with Gasteiger partial charge >= 0.3 is 0 Å². The molecule has 1 heterocycles. The highest BCUT2D eigenvalue weighted by Crippen LogP contribution is 2.27. The maximum atomic E-state index is 11.1. The first-order chi connectivity index (χ1) is 9.75. The van der Waals surface area contributed by atoms with E-state index in [4.69, 9.17) is 4.42 Å². The average Bonchev–Trinajstić information content (AvgIpc) is 2.98. The summed E-state index contributed by atoms with van der Waals surface area (Å²) in [5.41, 5.74) is 1.36. The average molecular weight is 264 g/mol. The lowest BCUT2D eigenvalue weighted by atomic mass is 10.1. The Morgan fingerprint density at radius 1 is 1.00 bits per heavy atom. The number of aromatic carboxylic acids is 1. The molecule has 0 saturated heterocycles. The fourth-order valence-corrected chi connectivity index (χ4v) is 1.98. The Balaban J connectivity index is 2.05. The van der Waals surface area contributed by atoms with Crippen LogP contribution < -0.4 is 5.11 Å². The molecule has 0 radical (unpaired) electrons. The van der Waals surface area contributed by atoms with Crippen molar-refractivity contribution in [3.05, 3.63) is 66.4 Å². The molecular weight excluding hydrogens is 254 g/mol. The molecule has 98 valence electrons. The molecule has 0 aliphatic carbocycles. The Kier molecular flexibility index (Phi) is 3.05. The zero-order valence-electron chi connectivity index (χ0n) is 10.4. The minimum atomic E-state index is -1.25. The summed E-state index contributed by atoms with van der Waals surface area (Å²) in [5.74, 6) is -0.391. The number of carbonyl (C=O) groups excluding carboxylic acids is 1. The van der Waals surface area contributed by atoms with Crippen LogP contribution in [0.3, 0.4) is 0 Å². The fraction of sp³-hybridized carbons (Fsp3) is 0. The van der Waals surface area contributed by atoms with E-state index in [1.54, 1.807) is 24.4 Å². The van der Waals surface area contributed by atoms with Gasteiger partial charge < -0.3 is 14.3 Å². The molecule has 4 heteroatoms. The monoisotopic (exact) mass is 264 g/mol. The van der Waals surface area contributed by atoms with Gasteiger partial charge in [-0.15, -0.1) is 0 Å². The first-order valence-corrected chi connectivity index (χ1v) is 6.08. The van der Waals surface area contributed by atoms with Gasteiger partial charge in [0, 0.05) is 16.7 Å². The number of carboxylic acid groups (broad SMARTS) is 1. The molecule has 0 atom stereocenters. The predicted octanol–water partition coefficient (Wildman–Crippen LogP) is 2.37. The van der Waals surface area contributed by atoms with Gasteiger partial charge in [-0.25, -0.2) is 4.98 Å². The molecule has 20 heavy (non-hydrogen) atoms. The van der Waals surface area contributed by atoms with Crippen molar-refractivity contribution >= 4 is 5.97 Å². The molecule has 0 fully saturated rings. The predicted molar refractivity (Wildman–Crippen MR) is 71.7 cm³/mol. The van der Waals surface area contributed by atoms with Gasteiger partial charge in [-0.05, 0) is 6.07 Å². The molecule has 0 bridgehead atoms. The molecule has 3 rings (SSSR count). The third kappa shape index (κ3) is 2.19. The second-order valence-electron chi connectivity index (χ2n) is 4.23. The lowest BCUT2D eigenvalue weighted by Crippen LogP contribution is -2.22. The number of carboxylic acids is 1. The van der Waals surface area contributed by atoms with Crippen LogP contribution >= 0.6 is 0 Å². The van der Waals surface area contributed by atoms with Gasteiger partial charge in [0.15, 0.2) is 5.76 Å². The maximum absolute atomic E-state index is 11.1. The van der Waals surface area contributed by atoms with Gasteiger partial charge in [-0.3, -0.25) is 0 Å². The first kappa shape index (κ1) is 12.2. The van der Waals surface area contributed by atoms with E-state index in [1.165, 1.54) is 6.07 Å². The van der Waals surface area contributed by atoms with Crippen LogP contribution in [0.5, 0.6) is 0 Å². The van der Waals surface area contributed by atoms with Crippen LogP contribution in [-0.2, 0) is 0 Å². The SMILES string of the molecule is O=C([O-])c1ccccc1-c1ncc(-c2ccccc2)o1. The van der Waals surface area contributed by atoms with E-state index < -0.39 is 5.97 Å². The van der Waals surface area contributed by atoms with Crippen molar-refractivity contribution in [1.29, 1.82) is 0 Å². The van der Waals surface area contributed by atoms with Gasteiger partial charge in [0.2, 0.25) is 5.89 Å². The fourth-order valence-electron chi connectivity index (χ4n) is 1.98. The molecule has 0 spiro atoms. The third-order valence-corrected chi connectivity index (χ3v) is 2.94. The molecule has 0 aliphatic rings. The number of hydrogen-bond acceptors (Lipinski definition) is 4. The van der Waals surface area contributed by atoms with Gasteiger partial charge in [0.1, 0.15) is 0 Å². The highest BCUT2D eigenvalue weighted by Gasteiger charge is 2.12. The van der Waals surface area contributed by atoms with Gasteiger partial charge in [-0.2, -0.15) is 0 Å². The molecule has 0 saturated carbocycles. The van der Waals surface area contributed by atoms with E-state index in [0.717, 1.165) is 5.56 Å². The molecule has 3 aromatic rings. The summed E-state index contributed by atoms with van der Waals surface area (Å²) in [6, 6.07) is 16.0. The van der Waals surface area contributed by atoms with Crippen molar-refractivity contribution in [2.24, 2.45) is 0 Å². The summed E-state index contributed by atoms with van der Waals surface area (Å²) >= 11 is 0. The Labute approximate surface area is 115 Å². The largest absolute Gasteiger partial charge is 0.545 e. The maximum Gasteiger partial charge on any atom is 0.227 e. The number of oxazole rings is 1. The van der Waals surface area contributed by atoms with E-state index in [2.05, 4.69) is 4.98 Å². The first-order valence-electron chi connectivity index (χ1n) is 6.08. The number of aromatic nitrogens is 1. The number of carbonyl (C=O) groups is 1. The number of rotatable bonds is 3. The summed E-state index contributed by atoms with van der Waals surface area (Å²) in [7, 11) is 0. The summed E-state index contributed by atoms with van der Waals surface area (Å²) in [4.78, 5) is 15.2. The normalized spacial score (nSPS) is 10.4. The van der Waals surface area contributed by atoms with E-state index in [9.17, 15) is 9.90 Å². The van der Waals surface area contributed by atoms with Crippen LogP contribution in [0, 0.1) is 0 Å². The summed E-state index contributed by atoms with van der Waals surface area (Å²) in [6.07, 6.45) is 1.58. The molecule has 0 N–H and O–H groups in total. The van der Waals surface area contributed by atoms with Crippen LogP contribution in [-0.4, -0.2) is 11.0 Å². The molecule has 0 amide bonds. The smallest absolute Gasteiger partial charge is 0.227 e. The zero-order chi connectivity index (χ0) is 13.9. The Hall–Kier alpha value is -2.88. The zero-order valence-corrected chi connectivity index (χ0v) is 10.4. The van der Waals surface area contributed by atoms with E-state index >= 15 is 0 Å². The number of nitrogens with zero attached hydrogens (tertiary/aromatic N) is 1. The van der Waals surface area contributed by atoms with Crippen LogP contribution in [0.2, 0.25) is 0 Å². The topological polar surface area (TPSA) is 66.2 Å². The van der Waals surface area contributed by atoms with Crippen molar-refractivity contribution in [1.82, 2.24) is 4.98 Å². The standard InChI is InChI=1S/C16H11NO3/c18-16(19)13-9-5-4-8-12(13)15-17-10-14(20-15)11-6-2-1-3-7-11/h1-10H,(H,18,19)/p-1. The summed E-state index contributed by atoms with van der Waals surface area (Å²) < 4.78 is 5.64. The molecule has 0 unspecified atom stereocenters. The van der Waals surface area contributed by atoms with Gasteiger partial charge in [0.25, 0.3) is 0 Å². The minimum Gasteiger partial charge on any atom is -0.545 e.